The molecule has 1 amide bonds. The number of hydrogen-bond donors (Lipinski definition) is 1. The summed E-state index contributed by atoms with van der Waals surface area (Å²) in [5, 5.41) is 2.74. The van der Waals surface area contributed by atoms with Gasteiger partial charge in [-0.1, -0.05) is 18.2 Å². The predicted molar refractivity (Wildman–Crippen MR) is 72.2 cm³/mol. The molecule has 2 rings (SSSR count). The Morgan fingerprint density at radius 3 is 2.67 bits per heavy atom. The molecule has 3 heteroatoms. The van der Waals surface area contributed by atoms with Crippen molar-refractivity contribution in [1.82, 2.24) is 0 Å². The third-order valence-electron chi connectivity index (χ3n) is 2.45. The number of allylic oxidation sites excluding steroid dienone is 1. The molecule has 0 spiro atoms. The number of furan rings is 1. The molecule has 2 aromatic rings. The predicted octanol–water partition coefficient (Wildman–Crippen LogP) is 3.49. The Kier molecular flexibility index (Phi) is 3.97. The Labute approximate surface area is 106 Å². The summed E-state index contributed by atoms with van der Waals surface area (Å²) in [6, 6.07) is 11.6. The lowest BCUT2D eigenvalue weighted by Crippen LogP contribution is -2.05. The summed E-state index contributed by atoms with van der Waals surface area (Å²) in [6.07, 6.45) is 6.48. The standard InChI is InChI=1S/C15H15NO2/c1-12(17)16-14-9-7-13(8-10-14)4-2-5-15-6-3-11-18-15/h2-3,5-11H,4H2,1H3,(H,16,17)/b5-2+. The van der Waals surface area contributed by atoms with Gasteiger partial charge < -0.3 is 9.73 Å². The van der Waals surface area contributed by atoms with Gasteiger partial charge in [-0.25, -0.2) is 0 Å². The number of anilines is 1. The Balaban J connectivity index is 1.92. The van der Waals surface area contributed by atoms with Crippen molar-refractivity contribution in [3.63, 3.8) is 0 Å². The smallest absolute Gasteiger partial charge is 0.221 e. The maximum atomic E-state index is 10.9. The number of rotatable bonds is 4. The van der Waals surface area contributed by atoms with Crippen molar-refractivity contribution in [3.8, 4) is 0 Å². The van der Waals surface area contributed by atoms with Crippen LogP contribution < -0.4 is 5.32 Å². The molecule has 92 valence electrons. The number of hydrogen-bond acceptors (Lipinski definition) is 2. The normalized spacial score (nSPS) is 10.7. The number of carbonyl (C=O) groups is 1. The molecule has 18 heavy (non-hydrogen) atoms. The third-order valence-corrected chi connectivity index (χ3v) is 2.45. The first-order chi connectivity index (χ1) is 8.74. The molecular weight excluding hydrogens is 226 g/mol. The fourth-order valence-corrected chi connectivity index (χ4v) is 1.62. The van der Waals surface area contributed by atoms with E-state index in [2.05, 4.69) is 5.32 Å². The Bertz CT molecular complexity index is 524. The molecule has 1 aromatic heterocycles. The van der Waals surface area contributed by atoms with E-state index < -0.39 is 0 Å². The number of nitrogens with one attached hydrogen (secondary N) is 1. The summed E-state index contributed by atoms with van der Waals surface area (Å²) >= 11 is 0. The molecule has 0 radical (unpaired) electrons. The van der Waals surface area contributed by atoms with Gasteiger partial charge in [0.2, 0.25) is 5.91 Å². The summed E-state index contributed by atoms with van der Waals surface area (Å²) in [4.78, 5) is 10.9. The zero-order valence-electron chi connectivity index (χ0n) is 10.2. The fourth-order valence-electron chi connectivity index (χ4n) is 1.62. The summed E-state index contributed by atoms with van der Waals surface area (Å²) in [5.41, 5.74) is 2.01. The lowest BCUT2D eigenvalue weighted by Gasteiger charge is -2.02. The zero-order chi connectivity index (χ0) is 12.8. The minimum atomic E-state index is -0.0551. The van der Waals surface area contributed by atoms with Crippen LogP contribution in [0, 0.1) is 0 Å². The minimum Gasteiger partial charge on any atom is -0.465 e. The summed E-state index contributed by atoms with van der Waals surface area (Å²) in [5.74, 6) is 0.797. The van der Waals surface area contributed by atoms with Crippen molar-refractivity contribution in [2.24, 2.45) is 0 Å². The van der Waals surface area contributed by atoms with Crippen LogP contribution in [0.3, 0.4) is 0 Å². The lowest BCUT2D eigenvalue weighted by molar-refractivity contribution is -0.114. The molecule has 0 aliphatic rings. The van der Waals surface area contributed by atoms with E-state index in [0.29, 0.717) is 0 Å². The van der Waals surface area contributed by atoms with Gasteiger partial charge in [-0.2, -0.15) is 0 Å². The molecule has 0 aliphatic heterocycles. The molecule has 0 saturated heterocycles. The minimum absolute atomic E-state index is 0.0551. The summed E-state index contributed by atoms with van der Waals surface area (Å²) < 4.78 is 5.20. The monoisotopic (exact) mass is 241 g/mol. The molecule has 1 heterocycles. The second kappa shape index (κ2) is 5.87. The molecule has 1 N–H and O–H groups in total. The number of carbonyl (C=O) groups excluding carboxylic acids is 1. The van der Waals surface area contributed by atoms with Crippen LogP contribution >= 0.6 is 0 Å². The van der Waals surface area contributed by atoms with Gasteiger partial charge in [0.1, 0.15) is 5.76 Å². The van der Waals surface area contributed by atoms with Crippen molar-refractivity contribution in [2.75, 3.05) is 5.32 Å². The van der Waals surface area contributed by atoms with Crippen LogP contribution in [0.5, 0.6) is 0 Å². The molecule has 0 bridgehead atoms. The highest BCUT2D eigenvalue weighted by Crippen LogP contribution is 2.11. The zero-order valence-corrected chi connectivity index (χ0v) is 10.2. The van der Waals surface area contributed by atoms with Crippen LogP contribution in [0.25, 0.3) is 6.08 Å². The number of amides is 1. The van der Waals surface area contributed by atoms with E-state index in [-0.39, 0.29) is 5.91 Å². The van der Waals surface area contributed by atoms with E-state index in [9.17, 15) is 4.79 Å². The van der Waals surface area contributed by atoms with Gasteiger partial charge in [-0.15, -0.1) is 0 Å². The molecule has 0 saturated carbocycles. The van der Waals surface area contributed by atoms with Crippen LogP contribution in [0.2, 0.25) is 0 Å². The van der Waals surface area contributed by atoms with Crippen LogP contribution in [0.4, 0.5) is 5.69 Å². The SMILES string of the molecule is CC(=O)Nc1ccc(C/C=C/c2ccco2)cc1. The Morgan fingerprint density at radius 2 is 2.06 bits per heavy atom. The second-order valence-electron chi connectivity index (χ2n) is 4.00. The van der Waals surface area contributed by atoms with E-state index in [4.69, 9.17) is 4.42 Å². The molecule has 0 fully saturated rings. The van der Waals surface area contributed by atoms with Gasteiger partial charge in [-0.3, -0.25) is 4.79 Å². The average molecular weight is 241 g/mol. The largest absolute Gasteiger partial charge is 0.465 e. The first-order valence-corrected chi connectivity index (χ1v) is 5.80. The van der Waals surface area contributed by atoms with Crippen LogP contribution in [0.15, 0.2) is 53.2 Å². The second-order valence-corrected chi connectivity index (χ2v) is 4.00. The van der Waals surface area contributed by atoms with Crippen molar-refractivity contribution in [1.29, 1.82) is 0 Å². The van der Waals surface area contributed by atoms with Crippen LogP contribution in [-0.2, 0) is 11.2 Å². The molecule has 1 aromatic carbocycles. The van der Waals surface area contributed by atoms with Crippen LogP contribution in [-0.4, -0.2) is 5.91 Å². The van der Waals surface area contributed by atoms with Crippen molar-refractivity contribution in [3.05, 3.63) is 60.1 Å². The Hall–Kier alpha value is -2.29. The van der Waals surface area contributed by atoms with Gasteiger partial charge >= 0.3 is 0 Å². The molecule has 0 unspecified atom stereocenters. The number of benzene rings is 1. The average Bonchev–Trinajstić information content (AvgIpc) is 2.84. The third kappa shape index (κ3) is 3.63. The molecule has 0 atom stereocenters. The summed E-state index contributed by atoms with van der Waals surface area (Å²) in [7, 11) is 0. The highest BCUT2D eigenvalue weighted by atomic mass is 16.3. The highest BCUT2D eigenvalue weighted by molar-refractivity contribution is 5.88. The van der Waals surface area contributed by atoms with Crippen molar-refractivity contribution >= 4 is 17.7 Å². The van der Waals surface area contributed by atoms with Gasteiger partial charge in [0.25, 0.3) is 0 Å². The van der Waals surface area contributed by atoms with E-state index in [1.807, 2.05) is 48.6 Å². The van der Waals surface area contributed by atoms with E-state index in [1.54, 1.807) is 6.26 Å². The molecule has 0 aliphatic carbocycles. The van der Waals surface area contributed by atoms with Crippen molar-refractivity contribution < 1.29 is 9.21 Å². The van der Waals surface area contributed by atoms with Gasteiger partial charge in [0.05, 0.1) is 6.26 Å². The van der Waals surface area contributed by atoms with E-state index in [1.165, 1.54) is 12.5 Å². The van der Waals surface area contributed by atoms with E-state index >= 15 is 0 Å². The first kappa shape index (κ1) is 12.2. The topological polar surface area (TPSA) is 42.2 Å². The molecular formula is C15H15NO2. The van der Waals surface area contributed by atoms with Gasteiger partial charge in [0.15, 0.2) is 0 Å². The maximum absolute atomic E-state index is 10.9. The van der Waals surface area contributed by atoms with Crippen molar-refractivity contribution in [2.45, 2.75) is 13.3 Å². The lowest BCUT2D eigenvalue weighted by atomic mass is 10.1. The summed E-state index contributed by atoms with van der Waals surface area (Å²) in [6.45, 7) is 1.50. The highest BCUT2D eigenvalue weighted by Gasteiger charge is 1.95. The fraction of sp³-hybridized carbons (Fsp3) is 0.133. The van der Waals surface area contributed by atoms with Gasteiger partial charge in [0, 0.05) is 12.6 Å². The quantitative estimate of drug-likeness (QED) is 0.890. The first-order valence-electron chi connectivity index (χ1n) is 5.80. The maximum Gasteiger partial charge on any atom is 0.221 e. The van der Waals surface area contributed by atoms with Gasteiger partial charge in [-0.05, 0) is 42.3 Å². The van der Waals surface area contributed by atoms with E-state index in [0.717, 1.165) is 17.9 Å². The molecule has 3 nitrogen and oxygen atoms in total. The van der Waals surface area contributed by atoms with Crippen LogP contribution in [0.1, 0.15) is 18.2 Å². The Morgan fingerprint density at radius 1 is 1.28 bits per heavy atom.